The van der Waals surface area contributed by atoms with E-state index in [1.165, 1.54) is 27.9 Å². The van der Waals surface area contributed by atoms with Crippen molar-refractivity contribution in [2.75, 3.05) is 0 Å². The van der Waals surface area contributed by atoms with E-state index in [1.54, 1.807) is 0 Å². The lowest BCUT2D eigenvalue weighted by Crippen LogP contribution is -2.29. The van der Waals surface area contributed by atoms with Crippen molar-refractivity contribution in [1.29, 1.82) is 0 Å². The zero-order chi connectivity index (χ0) is 14.8. The first-order valence-electron chi connectivity index (χ1n) is 7.71. The molecule has 0 radical (unpaired) electrons. The van der Waals surface area contributed by atoms with E-state index in [4.69, 9.17) is 0 Å². The smallest absolute Gasteiger partial charge is 0.0283 e. The van der Waals surface area contributed by atoms with Crippen molar-refractivity contribution in [3.8, 4) is 11.8 Å². The Morgan fingerprint density at radius 3 is 2.04 bits per heavy atom. The molecule has 0 amide bonds. The first kappa shape index (κ1) is 18.8. The van der Waals surface area contributed by atoms with E-state index in [2.05, 4.69) is 66.5 Å². The lowest BCUT2D eigenvalue weighted by molar-refractivity contribution is 0.562. The van der Waals surface area contributed by atoms with Gasteiger partial charge in [0.05, 0.1) is 0 Å². The zero-order valence-corrected chi connectivity index (χ0v) is 12.9. The van der Waals surface area contributed by atoms with Crippen molar-refractivity contribution >= 4 is 0 Å². The molecule has 2 unspecified atom stereocenters. The zero-order valence-electron chi connectivity index (χ0n) is 12.9. The fourth-order valence-corrected chi connectivity index (χ4v) is 3.45. The second-order valence-corrected chi connectivity index (χ2v) is 5.23. The molecule has 0 heteroatoms. The molecule has 0 N–H and O–H groups in total. The molecule has 0 spiro atoms. The van der Waals surface area contributed by atoms with Gasteiger partial charge in [0.15, 0.2) is 0 Å². The summed E-state index contributed by atoms with van der Waals surface area (Å²) < 4.78 is 0. The maximum absolute atomic E-state index is 3.25. The highest BCUT2D eigenvalue weighted by atomic mass is 14.4. The molecule has 0 bridgehead atoms. The van der Waals surface area contributed by atoms with Gasteiger partial charge in [-0.3, -0.25) is 0 Å². The van der Waals surface area contributed by atoms with E-state index < -0.39 is 0 Å². The molecule has 120 valence electrons. The topological polar surface area (TPSA) is 0 Å². The molecule has 0 aliphatic heterocycles. The van der Waals surface area contributed by atoms with Gasteiger partial charge in [0.1, 0.15) is 0 Å². The van der Waals surface area contributed by atoms with Gasteiger partial charge in [-0.2, -0.15) is 0 Å². The third-order valence-corrected chi connectivity index (χ3v) is 4.26. The monoisotopic (exact) mass is 304 g/mol. The van der Waals surface area contributed by atoms with Crippen LogP contribution < -0.4 is 0 Å². The van der Waals surface area contributed by atoms with Crippen LogP contribution in [0.1, 0.15) is 35.6 Å². The fraction of sp³-hybridized carbons (Fsp3) is 0.304. The predicted octanol–water partition coefficient (Wildman–Crippen LogP) is 6.34. The Morgan fingerprint density at radius 1 is 0.739 bits per heavy atom. The number of hydrogen-bond acceptors (Lipinski definition) is 0. The molecular weight excluding hydrogens is 276 g/mol. The lowest BCUT2D eigenvalue weighted by Gasteiger charge is -2.39. The molecule has 0 saturated heterocycles. The largest absolute Gasteiger partial charge is 0.101 e. The molecule has 0 aromatic rings. The normalized spacial score (nSPS) is 24.2. The average molecular weight is 304 g/mol. The summed E-state index contributed by atoms with van der Waals surface area (Å²) in [4.78, 5) is 0. The summed E-state index contributed by atoms with van der Waals surface area (Å²) in [6.07, 6.45) is 20.1. The second kappa shape index (κ2) is 7.84. The van der Waals surface area contributed by atoms with Crippen LogP contribution in [-0.4, -0.2) is 0 Å². The van der Waals surface area contributed by atoms with Gasteiger partial charge >= 0.3 is 0 Å². The SMILES string of the molecule is C.C.CC.CC#CC1=C2C=CC3=CC=CC4=CC=C(C=C1)C2C34. The highest BCUT2D eigenvalue weighted by molar-refractivity contribution is 5.64. The Hall–Kier alpha value is -2.26. The maximum atomic E-state index is 3.25. The fourth-order valence-electron chi connectivity index (χ4n) is 3.45. The Kier molecular flexibility index (Phi) is 6.40. The molecular formula is C23H28. The van der Waals surface area contributed by atoms with Crippen molar-refractivity contribution < 1.29 is 0 Å². The molecule has 0 aromatic heterocycles. The van der Waals surface area contributed by atoms with Gasteiger partial charge < -0.3 is 0 Å². The van der Waals surface area contributed by atoms with Crippen LogP contribution in [0.4, 0.5) is 0 Å². The first-order chi connectivity index (χ1) is 10.4. The van der Waals surface area contributed by atoms with Crippen molar-refractivity contribution in [3.63, 3.8) is 0 Å². The van der Waals surface area contributed by atoms with Crippen LogP contribution in [0.2, 0.25) is 0 Å². The summed E-state index contributed by atoms with van der Waals surface area (Å²) in [5, 5.41) is 0. The highest BCUT2D eigenvalue weighted by Gasteiger charge is 2.37. The lowest BCUT2D eigenvalue weighted by atomic mass is 9.63. The van der Waals surface area contributed by atoms with E-state index in [-0.39, 0.29) is 14.9 Å². The first-order valence-corrected chi connectivity index (χ1v) is 7.71. The molecule has 0 saturated carbocycles. The third-order valence-electron chi connectivity index (χ3n) is 4.26. The molecule has 0 aromatic carbocycles. The van der Waals surface area contributed by atoms with Crippen molar-refractivity contribution in [3.05, 3.63) is 82.5 Å². The summed E-state index contributed by atoms with van der Waals surface area (Å²) in [6, 6.07) is 0. The van der Waals surface area contributed by atoms with Crippen molar-refractivity contribution in [1.82, 2.24) is 0 Å². The Bertz CT molecular complexity index is 731. The summed E-state index contributed by atoms with van der Waals surface area (Å²) in [6.45, 7) is 5.90. The van der Waals surface area contributed by atoms with Gasteiger partial charge in [-0.1, -0.05) is 83.2 Å². The minimum absolute atomic E-state index is 0. The van der Waals surface area contributed by atoms with Gasteiger partial charge in [0.25, 0.3) is 0 Å². The van der Waals surface area contributed by atoms with Gasteiger partial charge in [-0.15, -0.1) is 5.92 Å². The van der Waals surface area contributed by atoms with E-state index >= 15 is 0 Å². The molecule has 0 fully saturated rings. The average Bonchev–Trinajstić information content (AvgIpc) is 2.56. The second-order valence-electron chi connectivity index (χ2n) is 5.23. The van der Waals surface area contributed by atoms with Gasteiger partial charge in [-0.05, 0) is 35.3 Å². The van der Waals surface area contributed by atoms with E-state index in [1.807, 2.05) is 20.8 Å². The van der Waals surface area contributed by atoms with Crippen LogP contribution in [-0.2, 0) is 0 Å². The van der Waals surface area contributed by atoms with E-state index in [0.717, 1.165) is 0 Å². The van der Waals surface area contributed by atoms with Crippen molar-refractivity contribution in [2.45, 2.75) is 35.6 Å². The minimum atomic E-state index is 0. The number of rotatable bonds is 0. The molecule has 23 heavy (non-hydrogen) atoms. The predicted molar refractivity (Wildman–Crippen MR) is 104 cm³/mol. The molecule has 4 rings (SSSR count). The minimum Gasteiger partial charge on any atom is -0.101 e. The molecule has 0 nitrogen and oxygen atoms in total. The summed E-state index contributed by atoms with van der Waals surface area (Å²) in [5.74, 6) is 7.23. The summed E-state index contributed by atoms with van der Waals surface area (Å²) in [5.41, 5.74) is 6.82. The Labute approximate surface area is 142 Å². The maximum Gasteiger partial charge on any atom is 0.0283 e. The number of hydrogen-bond donors (Lipinski definition) is 0. The van der Waals surface area contributed by atoms with Crippen LogP contribution in [0.15, 0.2) is 82.5 Å². The van der Waals surface area contributed by atoms with Gasteiger partial charge in [0, 0.05) is 17.4 Å². The van der Waals surface area contributed by atoms with Gasteiger partial charge in [0.2, 0.25) is 0 Å². The third kappa shape index (κ3) is 2.97. The van der Waals surface area contributed by atoms with Crippen LogP contribution in [0.5, 0.6) is 0 Å². The van der Waals surface area contributed by atoms with Crippen LogP contribution in [0.3, 0.4) is 0 Å². The van der Waals surface area contributed by atoms with E-state index in [0.29, 0.717) is 11.8 Å². The quantitative estimate of drug-likeness (QED) is 0.458. The van der Waals surface area contributed by atoms with Crippen LogP contribution in [0.25, 0.3) is 0 Å². The summed E-state index contributed by atoms with van der Waals surface area (Å²) in [7, 11) is 0. The molecule has 0 heterocycles. The standard InChI is InChI=1S/C19H14.C2H6.2CH4/c1-2-4-13-7-8-16-10-9-14-5-3-6-15-11-12-17(13)19(16)18(14)15;1-2;;/h3,5-12,18-19H,1H3;1-2H3;2*1H4. The summed E-state index contributed by atoms with van der Waals surface area (Å²) >= 11 is 0. The molecule has 4 aliphatic carbocycles. The van der Waals surface area contributed by atoms with Crippen LogP contribution in [0, 0.1) is 23.7 Å². The Morgan fingerprint density at radius 2 is 1.35 bits per heavy atom. The molecule has 4 aliphatic rings. The van der Waals surface area contributed by atoms with Gasteiger partial charge in [-0.25, -0.2) is 0 Å². The van der Waals surface area contributed by atoms with Crippen molar-refractivity contribution in [2.24, 2.45) is 11.8 Å². The Balaban J connectivity index is 0.000000638. The molecule has 2 atom stereocenters. The highest BCUT2D eigenvalue weighted by Crippen LogP contribution is 2.49. The van der Waals surface area contributed by atoms with Crippen LogP contribution >= 0.6 is 0 Å². The van der Waals surface area contributed by atoms with E-state index in [9.17, 15) is 0 Å². The number of allylic oxidation sites excluding steroid dienone is 14.